The minimum absolute atomic E-state index is 0.0629. The molecular formula is C26H26N4OS. The number of nitrogens with zero attached hydrogens (tertiary/aromatic N) is 3. The molecule has 0 saturated heterocycles. The monoisotopic (exact) mass is 442 g/mol. The van der Waals surface area contributed by atoms with Gasteiger partial charge in [-0.15, -0.1) is 10.2 Å². The molecule has 0 radical (unpaired) electrons. The molecule has 0 bridgehead atoms. The lowest BCUT2D eigenvalue weighted by molar-refractivity contribution is -0.113. The zero-order chi connectivity index (χ0) is 22.5. The summed E-state index contributed by atoms with van der Waals surface area (Å²) in [6, 6.07) is 24.4. The lowest BCUT2D eigenvalue weighted by atomic mass is 10.1. The molecule has 6 heteroatoms. The normalized spacial score (nSPS) is 10.8. The first-order valence-corrected chi connectivity index (χ1v) is 11.5. The van der Waals surface area contributed by atoms with Crippen LogP contribution in [0.4, 0.5) is 5.69 Å². The summed E-state index contributed by atoms with van der Waals surface area (Å²) in [4.78, 5) is 12.7. The second-order valence-corrected chi connectivity index (χ2v) is 8.76. The number of carbonyl (C=O) groups excluding carboxylic acids is 1. The Hall–Kier alpha value is -3.38. The SMILES string of the molecule is Cc1cccc(-n2c(Cc3ccccc3)nnc2SCC(=O)Nc2cccc(C)c2C)c1. The average Bonchev–Trinajstić information content (AvgIpc) is 3.18. The fourth-order valence-corrected chi connectivity index (χ4v) is 4.29. The molecule has 0 aliphatic heterocycles. The standard InChI is InChI=1S/C26H26N4OS/c1-18-9-7-13-22(15-18)30-24(16-21-11-5-4-6-12-21)28-29-26(30)32-17-25(31)27-23-14-8-10-19(2)20(23)3/h4-15H,16-17H2,1-3H3,(H,27,31). The number of anilines is 1. The van der Waals surface area contributed by atoms with E-state index >= 15 is 0 Å². The van der Waals surface area contributed by atoms with Gasteiger partial charge in [-0.3, -0.25) is 9.36 Å². The summed E-state index contributed by atoms with van der Waals surface area (Å²) in [5, 5.41) is 12.6. The van der Waals surface area contributed by atoms with Crippen LogP contribution in [0.2, 0.25) is 0 Å². The number of carbonyl (C=O) groups is 1. The van der Waals surface area contributed by atoms with Crippen molar-refractivity contribution in [3.05, 3.63) is 101 Å². The van der Waals surface area contributed by atoms with Gasteiger partial charge in [0.05, 0.1) is 5.75 Å². The molecule has 1 heterocycles. The van der Waals surface area contributed by atoms with Crippen molar-refractivity contribution in [1.82, 2.24) is 14.8 Å². The molecule has 5 nitrogen and oxygen atoms in total. The highest BCUT2D eigenvalue weighted by atomic mass is 32.2. The largest absolute Gasteiger partial charge is 0.325 e. The van der Waals surface area contributed by atoms with E-state index in [1.165, 1.54) is 11.8 Å². The molecule has 0 aliphatic rings. The minimum atomic E-state index is -0.0629. The van der Waals surface area contributed by atoms with Gasteiger partial charge < -0.3 is 5.32 Å². The molecule has 1 N–H and O–H groups in total. The highest BCUT2D eigenvalue weighted by Crippen LogP contribution is 2.25. The van der Waals surface area contributed by atoms with Crippen molar-refractivity contribution >= 4 is 23.4 Å². The summed E-state index contributed by atoms with van der Waals surface area (Å²) in [5.41, 5.74) is 6.40. The molecule has 1 aromatic heterocycles. The highest BCUT2D eigenvalue weighted by molar-refractivity contribution is 7.99. The van der Waals surface area contributed by atoms with Gasteiger partial charge in [-0.1, -0.05) is 66.4 Å². The number of aromatic nitrogens is 3. The maximum atomic E-state index is 12.7. The van der Waals surface area contributed by atoms with Gasteiger partial charge in [-0.05, 0) is 61.2 Å². The molecule has 0 fully saturated rings. The lowest BCUT2D eigenvalue weighted by Crippen LogP contribution is -2.15. The van der Waals surface area contributed by atoms with E-state index in [-0.39, 0.29) is 11.7 Å². The third-order valence-electron chi connectivity index (χ3n) is 5.38. The van der Waals surface area contributed by atoms with Gasteiger partial charge in [-0.2, -0.15) is 0 Å². The summed E-state index contributed by atoms with van der Waals surface area (Å²) in [5.74, 6) is 1.04. The Morgan fingerprint density at radius 2 is 1.72 bits per heavy atom. The molecule has 162 valence electrons. The van der Waals surface area contributed by atoms with Crippen LogP contribution in [-0.4, -0.2) is 26.4 Å². The van der Waals surface area contributed by atoms with Crippen LogP contribution in [0.15, 0.2) is 78.0 Å². The third-order valence-corrected chi connectivity index (χ3v) is 6.31. The molecule has 4 rings (SSSR count). The Morgan fingerprint density at radius 3 is 2.50 bits per heavy atom. The van der Waals surface area contributed by atoms with Crippen molar-refractivity contribution in [3.8, 4) is 5.69 Å². The van der Waals surface area contributed by atoms with E-state index in [0.29, 0.717) is 11.6 Å². The van der Waals surface area contributed by atoms with Crippen molar-refractivity contribution in [2.45, 2.75) is 32.3 Å². The van der Waals surface area contributed by atoms with E-state index in [4.69, 9.17) is 0 Å². The van der Waals surface area contributed by atoms with Crippen molar-refractivity contribution in [2.75, 3.05) is 11.1 Å². The smallest absolute Gasteiger partial charge is 0.234 e. The molecule has 1 amide bonds. The number of thioether (sulfide) groups is 1. The number of hydrogen-bond donors (Lipinski definition) is 1. The molecule has 0 atom stereocenters. The van der Waals surface area contributed by atoms with Gasteiger partial charge in [0.2, 0.25) is 5.91 Å². The zero-order valence-electron chi connectivity index (χ0n) is 18.5. The summed E-state index contributed by atoms with van der Waals surface area (Å²) >= 11 is 1.39. The molecule has 32 heavy (non-hydrogen) atoms. The number of rotatable bonds is 7. The van der Waals surface area contributed by atoms with Crippen LogP contribution in [0.1, 0.15) is 28.1 Å². The van der Waals surface area contributed by atoms with Crippen molar-refractivity contribution in [3.63, 3.8) is 0 Å². The Morgan fingerprint density at radius 1 is 0.938 bits per heavy atom. The number of hydrogen-bond acceptors (Lipinski definition) is 4. The molecule has 0 spiro atoms. The van der Waals surface area contributed by atoms with Crippen molar-refractivity contribution in [2.24, 2.45) is 0 Å². The van der Waals surface area contributed by atoms with Crippen LogP contribution in [-0.2, 0) is 11.2 Å². The maximum Gasteiger partial charge on any atom is 0.234 e. The molecule has 0 unspecified atom stereocenters. The first-order chi connectivity index (χ1) is 15.5. The molecule has 3 aromatic carbocycles. The van der Waals surface area contributed by atoms with E-state index in [1.54, 1.807) is 0 Å². The van der Waals surface area contributed by atoms with E-state index in [2.05, 4.69) is 51.3 Å². The van der Waals surface area contributed by atoms with Crippen molar-refractivity contribution < 1.29 is 4.79 Å². The van der Waals surface area contributed by atoms with E-state index in [9.17, 15) is 4.79 Å². The van der Waals surface area contributed by atoms with Gasteiger partial charge in [0.25, 0.3) is 0 Å². The van der Waals surface area contributed by atoms with E-state index in [1.807, 2.05) is 62.4 Å². The highest BCUT2D eigenvalue weighted by Gasteiger charge is 2.17. The maximum absolute atomic E-state index is 12.7. The van der Waals surface area contributed by atoms with Gasteiger partial charge in [-0.25, -0.2) is 0 Å². The van der Waals surface area contributed by atoms with Gasteiger partial charge in [0.1, 0.15) is 5.82 Å². The molecule has 4 aromatic rings. The Labute approximate surface area is 192 Å². The summed E-state index contributed by atoms with van der Waals surface area (Å²) in [6.07, 6.45) is 0.664. The number of amides is 1. The summed E-state index contributed by atoms with van der Waals surface area (Å²) < 4.78 is 2.05. The van der Waals surface area contributed by atoms with Gasteiger partial charge in [0, 0.05) is 17.8 Å². The Balaban J connectivity index is 1.56. The fraction of sp³-hybridized carbons (Fsp3) is 0.192. The number of benzene rings is 3. The van der Waals surface area contributed by atoms with Gasteiger partial charge in [0.15, 0.2) is 5.16 Å². The third kappa shape index (κ3) is 5.08. The van der Waals surface area contributed by atoms with Crippen molar-refractivity contribution in [1.29, 1.82) is 0 Å². The predicted molar refractivity (Wildman–Crippen MR) is 131 cm³/mol. The van der Waals surface area contributed by atoms with Crippen LogP contribution in [0.5, 0.6) is 0 Å². The lowest BCUT2D eigenvalue weighted by Gasteiger charge is -2.12. The first-order valence-electron chi connectivity index (χ1n) is 10.6. The Kier molecular flexibility index (Phi) is 6.71. The van der Waals surface area contributed by atoms with Crippen LogP contribution in [0.3, 0.4) is 0 Å². The summed E-state index contributed by atoms with van der Waals surface area (Å²) in [7, 11) is 0. The topological polar surface area (TPSA) is 59.8 Å². The van der Waals surface area contributed by atoms with E-state index < -0.39 is 0 Å². The van der Waals surface area contributed by atoms with Crippen LogP contribution in [0, 0.1) is 20.8 Å². The second-order valence-electron chi connectivity index (χ2n) is 7.82. The van der Waals surface area contributed by atoms with E-state index in [0.717, 1.165) is 39.5 Å². The minimum Gasteiger partial charge on any atom is -0.325 e. The van der Waals surface area contributed by atoms with Crippen LogP contribution in [0.25, 0.3) is 5.69 Å². The predicted octanol–water partition coefficient (Wildman–Crippen LogP) is 5.51. The quantitative estimate of drug-likeness (QED) is 0.383. The second kappa shape index (κ2) is 9.83. The first kappa shape index (κ1) is 21.8. The fourth-order valence-electron chi connectivity index (χ4n) is 3.52. The Bertz CT molecular complexity index is 1230. The van der Waals surface area contributed by atoms with Crippen LogP contribution >= 0.6 is 11.8 Å². The zero-order valence-corrected chi connectivity index (χ0v) is 19.3. The number of nitrogens with one attached hydrogen (secondary N) is 1. The van der Waals surface area contributed by atoms with Crippen LogP contribution < -0.4 is 5.32 Å². The van der Waals surface area contributed by atoms with Gasteiger partial charge >= 0.3 is 0 Å². The summed E-state index contributed by atoms with van der Waals surface area (Å²) in [6.45, 7) is 6.12. The molecule has 0 aliphatic carbocycles. The molecular weight excluding hydrogens is 416 g/mol. The average molecular weight is 443 g/mol. The molecule has 0 saturated carbocycles. The number of aryl methyl sites for hydroxylation is 2.